The van der Waals surface area contributed by atoms with Gasteiger partial charge in [0.25, 0.3) is 11.8 Å². The highest BCUT2D eigenvalue weighted by Gasteiger charge is 2.36. The number of amides is 2. The predicted octanol–water partition coefficient (Wildman–Crippen LogP) is 0.813. The normalized spacial score (nSPS) is 17.1. The van der Waals surface area contributed by atoms with E-state index in [4.69, 9.17) is 0 Å². The molecule has 2 amide bonds. The van der Waals surface area contributed by atoms with Gasteiger partial charge in [-0.05, 0) is 31.8 Å². The summed E-state index contributed by atoms with van der Waals surface area (Å²) in [4.78, 5) is 35.1. The van der Waals surface area contributed by atoms with Crippen LogP contribution in [0.3, 0.4) is 0 Å². The molecule has 9 heteroatoms. The monoisotopic (exact) mass is 330 g/mol. The van der Waals surface area contributed by atoms with Crippen LogP contribution >= 0.6 is 0 Å². The molecule has 126 valence electrons. The highest BCUT2D eigenvalue weighted by Crippen LogP contribution is 2.33. The predicted molar refractivity (Wildman–Crippen MR) is 82.2 cm³/mol. The molecule has 0 aliphatic carbocycles. The van der Waals surface area contributed by atoms with Crippen molar-refractivity contribution in [2.45, 2.75) is 32.7 Å². The molecule has 1 aliphatic heterocycles. The van der Waals surface area contributed by atoms with E-state index in [0.717, 1.165) is 12.8 Å². The van der Waals surface area contributed by atoms with Gasteiger partial charge in [-0.3, -0.25) is 9.59 Å². The van der Waals surface area contributed by atoms with E-state index >= 15 is 0 Å². The molecule has 0 aromatic carbocycles. The van der Waals surface area contributed by atoms with Gasteiger partial charge in [0.15, 0.2) is 5.69 Å². The third-order valence-electron chi connectivity index (χ3n) is 4.09. The van der Waals surface area contributed by atoms with Crippen molar-refractivity contribution in [2.75, 3.05) is 13.6 Å². The third kappa shape index (κ3) is 2.72. The van der Waals surface area contributed by atoms with Gasteiger partial charge in [-0.15, -0.1) is 0 Å². The van der Waals surface area contributed by atoms with E-state index in [1.807, 2.05) is 0 Å². The van der Waals surface area contributed by atoms with Crippen molar-refractivity contribution in [3.8, 4) is 0 Å². The molecule has 24 heavy (non-hydrogen) atoms. The van der Waals surface area contributed by atoms with Crippen molar-refractivity contribution < 1.29 is 14.2 Å². The van der Waals surface area contributed by atoms with Crippen molar-refractivity contribution >= 4 is 11.8 Å². The molecular weight excluding hydrogens is 312 g/mol. The van der Waals surface area contributed by atoms with E-state index in [2.05, 4.69) is 30.2 Å². The van der Waals surface area contributed by atoms with Crippen LogP contribution in [0.25, 0.3) is 0 Å². The van der Waals surface area contributed by atoms with E-state index in [1.165, 1.54) is 6.20 Å². The van der Waals surface area contributed by atoms with Crippen molar-refractivity contribution in [1.29, 1.82) is 0 Å². The summed E-state index contributed by atoms with van der Waals surface area (Å²) < 4.78 is 4.63. The van der Waals surface area contributed by atoms with Crippen molar-refractivity contribution in [3.63, 3.8) is 0 Å². The maximum atomic E-state index is 12.8. The molecule has 0 bridgehead atoms. The minimum Gasteiger partial charge on any atom is -0.355 e. The fourth-order valence-electron chi connectivity index (χ4n) is 2.91. The van der Waals surface area contributed by atoms with Crippen LogP contribution in [0.4, 0.5) is 0 Å². The summed E-state index contributed by atoms with van der Waals surface area (Å²) in [5, 5.41) is 9.93. The zero-order valence-electron chi connectivity index (χ0n) is 13.7. The van der Waals surface area contributed by atoms with Gasteiger partial charge in [0.1, 0.15) is 11.5 Å². The van der Waals surface area contributed by atoms with Gasteiger partial charge in [-0.25, -0.2) is 14.6 Å². The summed E-state index contributed by atoms with van der Waals surface area (Å²) in [6.07, 6.45) is 3.04. The molecule has 1 N–H and O–H groups in total. The summed E-state index contributed by atoms with van der Waals surface area (Å²) in [5.74, 6) is 0.00943. The first-order valence-electron chi connectivity index (χ1n) is 7.68. The minimum absolute atomic E-state index is 0.189. The quantitative estimate of drug-likeness (QED) is 0.885. The lowest BCUT2D eigenvalue weighted by molar-refractivity contribution is 0.0717. The maximum Gasteiger partial charge on any atom is 0.278 e. The van der Waals surface area contributed by atoms with Crippen LogP contribution in [0.5, 0.6) is 0 Å². The van der Waals surface area contributed by atoms with E-state index in [9.17, 15) is 9.59 Å². The first kappa shape index (κ1) is 16.0. The number of carbonyl (C=O) groups is 2. The van der Waals surface area contributed by atoms with Gasteiger partial charge in [0, 0.05) is 19.8 Å². The Hall–Kier alpha value is -2.84. The van der Waals surface area contributed by atoms with Gasteiger partial charge in [-0.1, -0.05) is 5.16 Å². The number of rotatable bonds is 3. The zero-order chi connectivity index (χ0) is 17.3. The van der Waals surface area contributed by atoms with E-state index in [1.54, 1.807) is 25.8 Å². The Balaban J connectivity index is 1.99. The number of aromatic nitrogens is 4. The van der Waals surface area contributed by atoms with Crippen LogP contribution in [0, 0.1) is 13.8 Å². The smallest absolute Gasteiger partial charge is 0.278 e. The summed E-state index contributed by atoms with van der Waals surface area (Å²) in [5.41, 5.74) is 1.56. The molecule has 0 saturated carbocycles. The molecule has 1 saturated heterocycles. The molecule has 2 aromatic heterocycles. The SMILES string of the molecule is CNC(=O)c1cnc(C)nc1C1CCCN1C(=O)c1nonc1C. The Morgan fingerprint density at radius 1 is 1.33 bits per heavy atom. The van der Waals surface area contributed by atoms with Gasteiger partial charge in [-0.2, -0.15) is 0 Å². The van der Waals surface area contributed by atoms with Crippen LogP contribution in [0.15, 0.2) is 10.8 Å². The maximum absolute atomic E-state index is 12.8. The second kappa shape index (κ2) is 6.34. The number of nitrogens with one attached hydrogen (secondary N) is 1. The summed E-state index contributed by atoms with van der Waals surface area (Å²) in [6.45, 7) is 3.98. The second-order valence-electron chi connectivity index (χ2n) is 5.65. The number of likely N-dealkylation sites (tertiary alicyclic amines) is 1. The lowest BCUT2D eigenvalue weighted by Crippen LogP contribution is -2.33. The largest absolute Gasteiger partial charge is 0.355 e. The van der Waals surface area contributed by atoms with Gasteiger partial charge >= 0.3 is 0 Å². The lowest BCUT2D eigenvalue weighted by Gasteiger charge is -2.25. The fraction of sp³-hybridized carbons (Fsp3) is 0.467. The van der Waals surface area contributed by atoms with E-state index < -0.39 is 0 Å². The molecule has 3 heterocycles. The van der Waals surface area contributed by atoms with Crippen LogP contribution in [0.2, 0.25) is 0 Å². The van der Waals surface area contributed by atoms with Gasteiger partial charge < -0.3 is 10.2 Å². The molecule has 0 spiro atoms. The van der Waals surface area contributed by atoms with Gasteiger partial charge in [0.2, 0.25) is 0 Å². The first-order chi connectivity index (χ1) is 11.5. The molecule has 2 aromatic rings. The van der Waals surface area contributed by atoms with E-state index in [-0.39, 0.29) is 23.6 Å². The standard InChI is InChI=1S/C15H18N6O3/c1-8-12(20-24-19-8)15(23)21-6-4-5-11(21)13-10(14(22)16-3)7-17-9(2)18-13/h7,11H,4-6H2,1-3H3,(H,16,22). The topological polar surface area (TPSA) is 114 Å². The Labute approximate surface area is 138 Å². The highest BCUT2D eigenvalue weighted by atomic mass is 16.6. The van der Waals surface area contributed by atoms with Crippen molar-refractivity contribution in [2.24, 2.45) is 0 Å². The average Bonchev–Trinajstić information content (AvgIpc) is 3.22. The first-order valence-corrected chi connectivity index (χ1v) is 7.68. The highest BCUT2D eigenvalue weighted by molar-refractivity contribution is 5.96. The summed E-state index contributed by atoms with van der Waals surface area (Å²) in [6, 6.07) is -0.303. The number of nitrogens with zero attached hydrogens (tertiary/aromatic N) is 5. The number of hydrogen-bond acceptors (Lipinski definition) is 7. The molecule has 9 nitrogen and oxygen atoms in total. The summed E-state index contributed by atoms with van der Waals surface area (Å²) in [7, 11) is 1.55. The molecular formula is C15H18N6O3. The molecule has 0 radical (unpaired) electrons. The van der Waals surface area contributed by atoms with Gasteiger partial charge in [0.05, 0.1) is 17.3 Å². The lowest BCUT2D eigenvalue weighted by atomic mass is 10.0. The van der Waals surface area contributed by atoms with Crippen LogP contribution in [-0.4, -0.2) is 50.6 Å². The molecule has 1 unspecified atom stereocenters. The minimum atomic E-state index is -0.303. The van der Waals surface area contributed by atoms with Crippen LogP contribution in [0.1, 0.15) is 56.9 Å². The molecule has 1 atom stereocenters. The summed E-state index contributed by atoms with van der Waals surface area (Å²) >= 11 is 0. The Morgan fingerprint density at radius 3 is 2.79 bits per heavy atom. The second-order valence-corrected chi connectivity index (χ2v) is 5.65. The number of carbonyl (C=O) groups excluding carboxylic acids is 2. The molecule has 1 fully saturated rings. The number of aryl methyl sites for hydroxylation is 2. The van der Waals surface area contributed by atoms with Crippen LogP contribution in [-0.2, 0) is 0 Å². The third-order valence-corrected chi connectivity index (χ3v) is 4.09. The molecule has 1 aliphatic rings. The van der Waals surface area contributed by atoms with Crippen molar-refractivity contribution in [3.05, 3.63) is 34.7 Å². The molecule has 3 rings (SSSR count). The number of hydrogen-bond donors (Lipinski definition) is 1. The zero-order valence-corrected chi connectivity index (χ0v) is 13.7. The Bertz CT molecular complexity index is 787. The van der Waals surface area contributed by atoms with Crippen molar-refractivity contribution in [1.82, 2.24) is 30.5 Å². The van der Waals surface area contributed by atoms with Crippen LogP contribution < -0.4 is 5.32 Å². The Kier molecular flexibility index (Phi) is 4.24. The average molecular weight is 330 g/mol. The Morgan fingerprint density at radius 2 is 2.12 bits per heavy atom. The van der Waals surface area contributed by atoms with E-state index in [0.29, 0.717) is 29.3 Å². The fourth-order valence-corrected chi connectivity index (χ4v) is 2.91.